The summed E-state index contributed by atoms with van der Waals surface area (Å²) >= 11 is 0. The summed E-state index contributed by atoms with van der Waals surface area (Å²) in [7, 11) is 0. The molecule has 0 amide bonds. The molecule has 4 rings (SSSR count). The maximum absolute atomic E-state index is 17.7. The largest absolute Gasteiger partial charge is 0.457 e. The van der Waals surface area contributed by atoms with Crippen LogP contribution in [0.4, 0.5) is 4.39 Å². The molecule has 0 radical (unpaired) electrons. The second-order valence-corrected chi connectivity index (χ2v) is 14.5. The molecule has 0 heterocycles. The summed E-state index contributed by atoms with van der Waals surface area (Å²) in [4.78, 5) is 52.4. The zero-order chi connectivity index (χ0) is 32.7. The van der Waals surface area contributed by atoms with Crippen molar-refractivity contribution >= 4 is 23.5 Å². The first-order chi connectivity index (χ1) is 20.5. The standard InChI is InChI=1S/C35H51FO8/c1-7-9-12-30(41)44-35(28(39)21-43-29(40)13-10-11-22(3)8-2)32(5)20-27(38)34(36)25(26(32)19-33(35,6)42)15-14-23-18-24(37)16-17-31(23,34)4/h16-18,22,25-27,38,42H,7-15,19-21H2,1-6H3. The lowest BCUT2D eigenvalue weighted by Crippen LogP contribution is -2.71. The summed E-state index contributed by atoms with van der Waals surface area (Å²) in [6, 6.07) is 0. The first-order valence-corrected chi connectivity index (χ1v) is 16.5. The molecule has 4 aliphatic rings. The molecule has 4 aliphatic carbocycles. The number of unbranched alkanes of at least 4 members (excludes halogenated alkanes) is 1. The molecule has 3 saturated carbocycles. The number of ketones is 2. The van der Waals surface area contributed by atoms with Crippen molar-refractivity contribution in [1.82, 2.24) is 0 Å². The second-order valence-electron chi connectivity index (χ2n) is 14.5. The third kappa shape index (κ3) is 5.29. The second kappa shape index (κ2) is 12.4. The average Bonchev–Trinajstić information content (AvgIpc) is 3.13. The lowest BCUT2D eigenvalue weighted by Gasteiger charge is -2.62. The van der Waals surface area contributed by atoms with E-state index in [2.05, 4.69) is 13.8 Å². The molecule has 0 aromatic heterocycles. The Morgan fingerprint density at radius 2 is 1.75 bits per heavy atom. The smallest absolute Gasteiger partial charge is 0.306 e. The van der Waals surface area contributed by atoms with E-state index in [1.165, 1.54) is 19.1 Å². The predicted molar refractivity (Wildman–Crippen MR) is 162 cm³/mol. The van der Waals surface area contributed by atoms with Gasteiger partial charge in [0.25, 0.3) is 0 Å². The molecule has 3 fully saturated rings. The van der Waals surface area contributed by atoms with E-state index in [1.54, 1.807) is 19.9 Å². The molecule has 246 valence electrons. The SMILES string of the molecule is CCCCC(=O)OC1(C(=O)COC(=O)CCCC(C)CC)C(C)(O)CC2C3CCC4=CC(=O)C=CC4(C)C3(F)C(O)CC21C. The number of hydrogen-bond donors (Lipinski definition) is 2. The van der Waals surface area contributed by atoms with E-state index in [0.29, 0.717) is 37.2 Å². The van der Waals surface area contributed by atoms with Gasteiger partial charge in [0.1, 0.15) is 5.60 Å². The highest BCUT2D eigenvalue weighted by Gasteiger charge is 2.81. The number of halogens is 1. The van der Waals surface area contributed by atoms with E-state index < -0.39 is 70.0 Å². The molecule has 0 aromatic rings. The quantitative estimate of drug-likeness (QED) is 0.274. The molecule has 2 N–H and O–H groups in total. The fraction of sp³-hybridized carbons (Fsp3) is 0.771. The lowest BCUT2D eigenvalue weighted by molar-refractivity contribution is -0.240. The van der Waals surface area contributed by atoms with Gasteiger partial charge in [-0.05, 0) is 76.4 Å². The van der Waals surface area contributed by atoms with Crippen molar-refractivity contribution in [3.8, 4) is 0 Å². The summed E-state index contributed by atoms with van der Waals surface area (Å²) in [6.07, 6.45) is 6.89. The number of carbonyl (C=O) groups excluding carboxylic acids is 4. The van der Waals surface area contributed by atoms with Crippen LogP contribution in [0.1, 0.15) is 112 Å². The Morgan fingerprint density at radius 1 is 1.07 bits per heavy atom. The topological polar surface area (TPSA) is 127 Å². The fourth-order valence-corrected chi connectivity index (χ4v) is 9.09. The molecule has 9 unspecified atom stereocenters. The van der Waals surface area contributed by atoms with Gasteiger partial charge in [0, 0.05) is 29.6 Å². The number of esters is 2. The van der Waals surface area contributed by atoms with Crippen LogP contribution in [0, 0.1) is 28.6 Å². The van der Waals surface area contributed by atoms with Crippen molar-refractivity contribution in [3.63, 3.8) is 0 Å². The van der Waals surface area contributed by atoms with Gasteiger partial charge in [-0.3, -0.25) is 19.2 Å². The van der Waals surface area contributed by atoms with E-state index in [9.17, 15) is 29.4 Å². The van der Waals surface area contributed by atoms with Gasteiger partial charge in [0.15, 0.2) is 18.1 Å². The Bertz CT molecular complexity index is 1220. The van der Waals surface area contributed by atoms with Gasteiger partial charge in [-0.25, -0.2) is 4.39 Å². The highest BCUT2D eigenvalue weighted by molar-refractivity contribution is 6.01. The third-order valence-electron chi connectivity index (χ3n) is 11.7. The highest BCUT2D eigenvalue weighted by Crippen LogP contribution is 2.72. The van der Waals surface area contributed by atoms with E-state index >= 15 is 4.39 Å². The van der Waals surface area contributed by atoms with E-state index in [4.69, 9.17) is 9.47 Å². The average molecular weight is 619 g/mol. The number of carbonyl (C=O) groups is 4. The van der Waals surface area contributed by atoms with Crippen molar-refractivity contribution in [1.29, 1.82) is 0 Å². The van der Waals surface area contributed by atoms with Gasteiger partial charge < -0.3 is 19.7 Å². The molecule has 0 bridgehead atoms. The Morgan fingerprint density at radius 3 is 2.41 bits per heavy atom. The highest BCUT2D eigenvalue weighted by atomic mass is 19.1. The molecule has 0 aliphatic heterocycles. The Balaban J connectivity index is 1.71. The van der Waals surface area contributed by atoms with Crippen LogP contribution in [0.25, 0.3) is 0 Å². The minimum atomic E-state index is -2.19. The molecule has 8 nitrogen and oxygen atoms in total. The number of ether oxygens (including phenoxy) is 2. The van der Waals surface area contributed by atoms with Crippen LogP contribution < -0.4 is 0 Å². The number of fused-ring (bicyclic) bond motifs is 5. The van der Waals surface area contributed by atoms with E-state index in [0.717, 1.165) is 12.8 Å². The Labute approximate surface area is 260 Å². The number of aliphatic hydroxyl groups excluding tert-OH is 1. The van der Waals surface area contributed by atoms with Gasteiger partial charge in [0.2, 0.25) is 11.4 Å². The number of alkyl halides is 1. The van der Waals surface area contributed by atoms with Gasteiger partial charge in [-0.1, -0.05) is 58.6 Å². The first-order valence-electron chi connectivity index (χ1n) is 16.5. The number of rotatable bonds is 12. The number of aliphatic hydroxyl groups is 2. The number of hydrogen-bond acceptors (Lipinski definition) is 8. The number of Topliss-reactive ketones (excluding diaryl/α,β-unsaturated/α-hetero) is 1. The summed E-state index contributed by atoms with van der Waals surface area (Å²) in [6.45, 7) is 10.2. The van der Waals surface area contributed by atoms with Crippen LogP contribution >= 0.6 is 0 Å². The fourth-order valence-electron chi connectivity index (χ4n) is 9.09. The van der Waals surface area contributed by atoms with Gasteiger partial charge in [-0.2, -0.15) is 0 Å². The molecule has 44 heavy (non-hydrogen) atoms. The lowest BCUT2D eigenvalue weighted by atomic mass is 9.44. The molecule has 9 heteroatoms. The van der Waals surface area contributed by atoms with E-state index in [-0.39, 0.29) is 37.9 Å². The van der Waals surface area contributed by atoms with Gasteiger partial charge in [0.05, 0.1) is 6.10 Å². The first kappa shape index (κ1) is 34.5. The minimum absolute atomic E-state index is 0.0157. The summed E-state index contributed by atoms with van der Waals surface area (Å²) < 4.78 is 29.2. The molecule has 0 spiro atoms. The van der Waals surface area contributed by atoms with Crippen LogP contribution in [0.5, 0.6) is 0 Å². The van der Waals surface area contributed by atoms with Crippen molar-refractivity contribution in [2.75, 3.05) is 6.61 Å². The number of allylic oxidation sites excluding steroid dienone is 4. The summed E-state index contributed by atoms with van der Waals surface area (Å²) in [5, 5.41) is 23.9. The predicted octanol–water partition coefficient (Wildman–Crippen LogP) is 5.52. The molecular weight excluding hydrogens is 567 g/mol. The van der Waals surface area contributed by atoms with Crippen LogP contribution in [-0.4, -0.2) is 63.3 Å². The molecule has 0 aromatic carbocycles. The molecular formula is C35H51FO8. The van der Waals surface area contributed by atoms with Crippen LogP contribution in [0.15, 0.2) is 23.8 Å². The van der Waals surface area contributed by atoms with Crippen LogP contribution in [-0.2, 0) is 28.7 Å². The van der Waals surface area contributed by atoms with Crippen molar-refractivity contribution in [2.45, 2.75) is 135 Å². The third-order valence-corrected chi connectivity index (χ3v) is 11.7. The minimum Gasteiger partial charge on any atom is -0.457 e. The van der Waals surface area contributed by atoms with Crippen molar-refractivity contribution < 1.29 is 43.3 Å². The summed E-state index contributed by atoms with van der Waals surface area (Å²) in [5.41, 5.74) is -8.32. The maximum atomic E-state index is 17.7. The van der Waals surface area contributed by atoms with Crippen LogP contribution in [0.2, 0.25) is 0 Å². The summed E-state index contributed by atoms with van der Waals surface area (Å²) in [5.74, 6) is -3.24. The monoisotopic (exact) mass is 618 g/mol. The van der Waals surface area contributed by atoms with Gasteiger partial charge >= 0.3 is 11.9 Å². The zero-order valence-corrected chi connectivity index (χ0v) is 27.2. The normalized spacial score (nSPS) is 39.9. The van der Waals surface area contributed by atoms with Crippen molar-refractivity contribution in [3.05, 3.63) is 23.8 Å². The van der Waals surface area contributed by atoms with Crippen molar-refractivity contribution in [2.24, 2.45) is 28.6 Å². The zero-order valence-electron chi connectivity index (χ0n) is 27.2. The van der Waals surface area contributed by atoms with Gasteiger partial charge in [-0.15, -0.1) is 0 Å². The Hall–Kier alpha value is -2.39. The Kier molecular flexibility index (Phi) is 9.74. The molecule has 0 saturated heterocycles. The molecule has 9 atom stereocenters. The van der Waals surface area contributed by atoms with E-state index in [1.807, 2.05) is 6.92 Å². The maximum Gasteiger partial charge on any atom is 0.306 e. The van der Waals surface area contributed by atoms with Crippen LogP contribution in [0.3, 0.4) is 0 Å².